The third kappa shape index (κ3) is 5.23. The van der Waals surface area contributed by atoms with Crippen molar-refractivity contribution < 1.29 is 14.3 Å². The van der Waals surface area contributed by atoms with E-state index >= 15 is 0 Å². The van der Waals surface area contributed by atoms with Crippen LogP contribution in [-0.2, 0) is 6.54 Å². The minimum Gasteiger partial charge on any atom is -0.396 e. The summed E-state index contributed by atoms with van der Waals surface area (Å²) in [6.45, 7) is 3.93. The lowest BCUT2D eigenvalue weighted by atomic mass is 10.1. The summed E-state index contributed by atoms with van der Waals surface area (Å²) in [5.41, 5.74) is 1.20. The van der Waals surface area contributed by atoms with Crippen LogP contribution in [0.3, 0.4) is 0 Å². The van der Waals surface area contributed by atoms with Gasteiger partial charge in [0.25, 0.3) is 0 Å². The second-order valence-electron chi connectivity index (χ2n) is 5.46. The summed E-state index contributed by atoms with van der Waals surface area (Å²) in [5.74, 6) is -0.338. The number of aliphatic hydroxyl groups is 1. The lowest BCUT2D eigenvalue weighted by Gasteiger charge is -2.19. The Hall–Kier alpha value is -1.82. The van der Waals surface area contributed by atoms with Gasteiger partial charge in [-0.2, -0.15) is 0 Å². The minimum absolute atomic E-state index is 0.0126. The number of hydrogen-bond donors (Lipinski definition) is 3. The molecule has 0 heterocycles. The van der Waals surface area contributed by atoms with Crippen LogP contribution in [0.4, 0.5) is 14.9 Å². The van der Waals surface area contributed by atoms with Gasteiger partial charge in [-0.1, -0.05) is 13.0 Å². The molecule has 1 aromatic carbocycles. The van der Waals surface area contributed by atoms with Crippen molar-refractivity contribution in [3.63, 3.8) is 0 Å². The van der Waals surface area contributed by atoms with Crippen LogP contribution >= 0.6 is 0 Å². The Bertz CT molecular complexity index is 480. The van der Waals surface area contributed by atoms with Crippen molar-refractivity contribution in [3.05, 3.63) is 29.6 Å². The van der Waals surface area contributed by atoms with Crippen molar-refractivity contribution in [1.82, 2.24) is 10.6 Å². The van der Waals surface area contributed by atoms with Gasteiger partial charge < -0.3 is 20.6 Å². The van der Waals surface area contributed by atoms with Gasteiger partial charge in [0.15, 0.2) is 0 Å². The average Bonchev–Trinajstić information content (AvgIpc) is 2.43. The van der Waals surface area contributed by atoms with Gasteiger partial charge in [-0.25, -0.2) is 9.18 Å². The molecule has 0 fully saturated rings. The number of benzene rings is 1. The molecule has 0 saturated carbocycles. The van der Waals surface area contributed by atoms with E-state index in [1.165, 1.54) is 6.07 Å². The maximum absolute atomic E-state index is 13.8. The molecule has 5 nitrogen and oxygen atoms in total. The fourth-order valence-corrected chi connectivity index (χ4v) is 1.76. The molecule has 118 valence electrons. The summed E-state index contributed by atoms with van der Waals surface area (Å²) in [6, 6.07) is 4.40. The first-order valence-corrected chi connectivity index (χ1v) is 6.96. The number of hydrogen-bond acceptors (Lipinski definition) is 3. The first-order chi connectivity index (χ1) is 9.85. The molecule has 0 aliphatic heterocycles. The Balaban J connectivity index is 2.52. The van der Waals surface area contributed by atoms with Gasteiger partial charge in [0.1, 0.15) is 5.82 Å². The van der Waals surface area contributed by atoms with Crippen molar-refractivity contribution in [1.29, 1.82) is 0 Å². The van der Waals surface area contributed by atoms with E-state index in [9.17, 15) is 9.18 Å². The van der Waals surface area contributed by atoms with E-state index in [4.69, 9.17) is 5.11 Å². The van der Waals surface area contributed by atoms with E-state index < -0.39 is 0 Å². The summed E-state index contributed by atoms with van der Waals surface area (Å²) in [4.78, 5) is 13.4. The molecule has 0 aliphatic rings. The Kier molecular flexibility index (Phi) is 6.42. The number of carbonyl (C=O) groups excluding carboxylic acids is 1. The molecule has 1 rings (SSSR count). The molecule has 2 unspecified atom stereocenters. The zero-order valence-electron chi connectivity index (χ0n) is 13.0. The molecule has 2 amide bonds. The largest absolute Gasteiger partial charge is 0.396 e. The number of nitrogens with zero attached hydrogens (tertiary/aromatic N) is 1. The highest BCUT2D eigenvalue weighted by atomic mass is 19.1. The number of carbonyl (C=O) groups is 1. The summed E-state index contributed by atoms with van der Waals surface area (Å²) in [5, 5.41) is 14.4. The maximum atomic E-state index is 13.8. The highest BCUT2D eigenvalue weighted by Gasteiger charge is 2.13. The van der Waals surface area contributed by atoms with Gasteiger partial charge in [0.05, 0.1) is 5.69 Å². The second kappa shape index (κ2) is 7.83. The van der Waals surface area contributed by atoms with Crippen LogP contribution in [0.25, 0.3) is 0 Å². The zero-order valence-corrected chi connectivity index (χ0v) is 13.0. The van der Waals surface area contributed by atoms with E-state index in [1.807, 2.05) is 13.8 Å². The number of amides is 2. The van der Waals surface area contributed by atoms with E-state index in [2.05, 4.69) is 10.6 Å². The highest BCUT2D eigenvalue weighted by Crippen LogP contribution is 2.18. The van der Waals surface area contributed by atoms with Crippen molar-refractivity contribution in [3.8, 4) is 0 Å². The Labute approximate surface area is 125 Å². The molecule has 0 bridgehead atoms. The quantitative estimate of drug-likeness (QED) is 0.749. The molecular formula is C15H24FN3O2. The summed E-state index contributed by atoms with van der Waals surface area (Å²) in [7, 11) is 3.54. The molecule has 0 aliphatic carbocycles. The summed E-state index contributed by atoms with van der Waals surface area (Å²) < 4.78 is 13.8. The molecule has 2 atom stereocenters. The monoisotopic (exact) mass is 297 g/mol. The van der Waals surface area contributed by atoms with Gasteiger partial charge in [0.2, 0.25) is 0 Å². The van der Waals surface area contributed by atoms with Gasteiger partial charge in [-0.3, -0.25) is 0 Å². The molecule has 0 radical (unpaired) electrons. The molecule has 6 heteroatoms. The maximum Gasteiger partial charge on any atom is 0.315 e. The van der Waals surface area contributed by atoms with Crippen molar-refractivity contribution >= 4 is 11.7 Å². The van der Waals surface area contributed by atoms with Crippen LogP contribution in [0.1, 0.15) is 19.4 Å². The molecule has 1 aromatic rings. The zero-order chi connectivity index (χ0) is 16.0. The van der Waals surface area contributed by atoms with Crippen LogP contribution in [0.15, 0.2) is 18.2 Å². The first-order valence-electron chi connectivity index (χ1n) is 6.96. The number of nitrogens with one attached hydrogen (secondary N) is 2. The van der Waals surface area contributed by atoms with Crippen LogP contribution < -0.4 is 15.5 Å². The van der Waals surface area contributed by atoms with Gasteiger partial charge in [-0.05, 0) is 30.5 Å². The van der Waals surface area contributed by atoms with E-state index in [1.54, 1.807) is 31.1 Å². The lowest BCUT2D eigenvalue weighted by Crippen LogP contribution is -2.43. The van der Waals surface area contributed by atoms with Gasteiger partial charge in [0, 0.05) is 33.3 Å². The third-order valence-electron chi connectivity index (χ3n) is 3.45. The predicted molar refractivity (Wildman–Crippen MR) is 81.8 cm³/mol. The number of aliphatic hydroxyl groups excluding tert-OH is 1. The molecular weight excluding hydrogens is 273 g/mol. The molecule has 21 heavy (non-hydrogen) atoms. The first kappa shape index (κ1) is 17.2. The highest BCUT2D eigenvalue weighted by molar-refractivity contribution is 5.74. The minimum atomic E-state index is -0.333. The fraction of sp³-hybridized carbons (Fsp3) is 0.533. The number of rotatable bonds is 6. The van der Waals surface area contributed by atoms with Crippen molar-refractivity contribution in [2.45, 2.75) is 26.4 Å². The lowest BCUT2D eigenvalue weighted by molar-refractivity contribution is 0.200. The number of halogens is 1. The van der Waals surface area contributed by atoms with Crippen LogP contribution in [0.2, 0.25) is 0 Å². The van der Waals surface area contributed by atoms with Crippen LogP contribution in [0, 0.1) is 11.7 Å². The second-order valence-corrected chi connectivity index (χ2v) is 5.46. The third-order valence-corrected chi connectivity index (χ3v) is 3.45. The fourth-order valence-electron chi connectivity index (χ4n) is 1.76. The summed E-state index contributed by atoms with van der Waals surface area (Å²) in [6.07, 6.45) is 0. The summed E-state index contributed by atoms with van der Waals surface area (Å²) >= 11 is 0. The van der Waals surface area contributed by atoms with Gasteiger partial charge >= 0.3 is 6.03 Å². The Morgan fingerprint density at radius 2 is 2.05 bits per heavy atom. The normalized spacial score (nSPS) is 13.4. The molecule has 3 N–H and O–H groups in total. The Morgan fingerprint density at radius 1 is 1.38 bits per heavy atom. The van der Waals surface area contributed by atoms with Crippen molar-refractivity contribution in [2.24, 2.45) is 5.92 Å². The SMILES string of the molecule is CC(CO)C(C)NC(=O)NCc1ccc(N(C)C)c(F)c1. The van der Waals surface area contributed by atoms with Crippen molar-refractivity contribution in [2.75, 3.05) is 25.6 Å². The van der Waals surface area contributed by atoms with Crippen LogP contribution in [0.5, 0.6) is 0 Å². The average molecular weight is 297 g/mol. The standard InChI is InChI=1S/C15H24FN3O2/c1-10(9-20)11(2)18-15(21)17-8-12-5-6-14(19(3)4)13(16)7-12/h5-7,10-11,20H,8-9H2,1-4H3,(H2,17,18,21). The smallest absolute Gasteiger partial charge is 0.315 e. The molecule has 0 spiro atoms. The van der Waals surface area contributed by atoms with E-state index in [0.717, 1.165) is 0 Å². The Morgan fingerprint density at radius 3 is 2.57 bits per heavy atom. The number of urea groups is 1. The molecule has 0 saturated heterocycles. The number of anilines is 1. The molecule has 0 aromatic heterocycles. The van der Waals surface area contributed by atoms with Crippen LogP contribution in [-0.4, -0.2) is 37.9 Å². The predicted octanol–water partition coefficient (Wildman–Crippen LogP) is 1.71. The van der Waals surface area contributed by atoms with E-state index in [-0.39, 0.29) is 37.0 Å². The topological polar surface area (TPSA) is 64.6 Å². The van der Waals surface area contributed by atoms with E-state index in [0.29, 0.717) is 11.3 Å². The van der Waals surface area contributed by atoms with Gasteiger partial charge in [-0.15, -0.1) is 0 Å².